The Morgan fingerprint density at radius 3 is 2.81 bits per heavy atom. The average Bonchev–Trinajstić information content (AvgIpc) is 3.41. The van der Waals surface area contributed by atoms with E-state index >= 15 is 0 Å². The van der Waals surface area contributed by atoms with Gasteiger partial charge in [0.2, 0.25) is 11.6 Å². The molecule has 156 valence electrons. The summed E-state index contributed by atoms with van der Waals surface area (Å²) in [6.07, 6.45) is 6.59. The zero-order chi connectivity index (χ0) is 21.8. The minimum Gasteiger partial charge on any atom is -0.321 e. The van der Waals surface area contributed by atoms with E-state index in [1.807, 2.05) is 0 Å². The topological polar surface area (TPSA) is 100 Å². The van der Waals surface area contributed by atoms with E-state index in [-0.39, 0.29) is 24.7 Å². The van der Waals surface area contributed by atoms with Crippen molar-refractivity contribution in [2.75, 3.05) is 17.3 Å². The number of likely N-dealkylation sites (N-methyl/N-ethyl adjacent to an activating group) is 1. The number of halogens is 1. The van der Waals surface area contributed by atoms with Crippen LogP contribution in [0.4, 0.5) is 11.4 Å². The summed E-state index contributed by atoms with van der Waals surface area (Å²) in [5.74, 6) is -1.08. The number of carbonyl (C=O) groups is 3. The van der Waals surface area contributed by atoms with Crippen LogP contribution in [0.25, 0.3) is 5.69 Å². The van der Waals surface area contributed by atoms with Gasteiger partial charge in [-0.2, -0.15) is 5.10 Å². The largest absolute Gasteiger partial charge is 0.321 e. The zero-order valence-electron chi connectivity index (χ0n) is 16.4. The van der Waals surface area contributed by atoms with E-state index in [2.05, 4.69) is 15.4 Å². The lowest BCUT2D eigenvalue weighted by Gasteiger charge is -2.47. The quantitative estimate of drug-likeness (QED) is 0.679. The zero-order valence-corrected chi connectivity index (χ0v) is 17.2. The second kappa shape index (κ2) is 6.92. The van der Waals surface area contributed by atoms with E-state index < -0.39 is 11.6 Å². The molecule has 5 rings (SSSR count). The van der Waals surface area contributed by atoms with Gasteiger partial charge >= 0.3 is 0 Å². The third kappa shape index (κ3) is 2.81. The fourth-order valence-corrected chi connectivity index (χ4v) is 4.41. The number of nitrogens with zero attached hydrogens (tertiary/aromatic N) is 5. The summed E-state index contributed by atoms with van der Waals surface area (Å²) in [6.45, 7) is 0. The molecular weight excluding hydrogens is 420 g/mol. The summed E-state index contributed by atoms with van der Waals surface area (Å²) in [6, 6.07) is 8.44. The number of benzene rings is 1. The maximum Gasteiger partial charge on any atom is 0.271 e. The Hall–Kier alpha value is -3.72. The molecule has 0 aliphatic carbocycles. The summed E-state index contributed by atoms with van der Waals surface area (Å²) in [5.41, 5.74) is 0.295. The van der Waals surface area contributed by atoms with Gasteiger partial charge in [0, 0.05) is 38.5 Å². The van der Waals surface area contributed by atoms with Crippen LogP contribution >= 0.6 is 11.6 Å². The summed E-state index contributed by atoms with van der Waals surface area (Å²) in [5, 5.41) is 7.34. The van der Waals surface area contributed by atoms with Crippen molar-refractivity contribution >= 4 is 40.7 Å². The monoisotopic (exact) mass is 436 g/mol. The number of pyridine rings is 1. The number of anilines is 2. The molecule has 0 spiro atoms. The van der Waals surface area contributed by atoms with Gasteiger partial charge in [-0.1, -0.05) is 11.6 Å². The Morgan fingerprint density at radius 2 is 2.06 bits per heavy atom. The first-order chi connectivity index (χ1) is 14.9. The summed E-state index contributed by atoms with van der Waals surface area (Å²) >= 11 is 5.98. The van der Waals surface area contributed by atoms with E-state index in [1.54, 1.807) is 47.4 Å². The Morgan fingerprint density at radius 1 is 1.23 bits per heavy atom. The summed E-state index contributed by atoms with van der Waals surface area (Å²) < 4.78 is 1.63. The fourth-order valence-electron chi connectivity index (χ4n) is 4.24. The third-order valence-corrected chi connectivity index (χ3v) is 5.92. The number of rotatable bonds is 3. The highest BCUT2D eigenvalue weighted by Crippen LogP contribution is 2.45. The molecule has 1 N–H and O–H groups in total. The predicted molar refractivity (Wildman–Crippen MR) is 113 cm³/mol. The van der Waals surface area contributed by atoms with Crippen molar-refractivity contribution in [1.29, 1.82) is 0 Å². The Labute approximate surface area is 182 Å². The Balaban J connectivity index is 1.63. The van der Waals surface area contributed by atoms with Crippen molar-refractivity contribution in [2.45, 2.75) is 18.5 Å². The van der Waals surface area contributed by atoms with Gasteiger partial charge in [-0.05, 0) is 30.3 Å². The van der Waals surface area contributed by atoms with Crippen LogP contribution < -0.4 is 10.2 Å². The molecule has 3 aromatic rings. The normalized spacial score (nSPS) is 19.9. The molecule has 9 nitrogen and oxygen atoms in total. The van der Waals surface area contributed by atoms with E-state index in [0.717, 1.165) is 0 Å². The molecule has 31 heavy (non-hydrogen) atoms. The van der Waals surface area contributed by atoms with Crippen LogP contribution in [0.15, 0.2) is 55.1 Å². The van der Waals surface area contributed by atoms with Crippen LogP contribution in [-0.4, -0.2) is 50.1 Å². The second-order valence-corrected chi connectivity index (χ2v) is 7.84. The van der Waals surface area contributed by atoms with Crippen LogP contribution in [0.1, 0.15) is 23.2 Å². The first-order valence-corrected chi connectivity index (χ1v) is 9.97. The molecule has 4 heterocycles. The number of fused-ring (bicyclic) bond motifs is 3. The van der Waals surface area contributed by atoms with Gasteiger partial charge in [-0.3, -0.25) is 24.3 Å². The van der Waals surface area contributed by atoms with E-state index in [0.29, 0.717) is 27.6 Å². The molecule has 2 aromatic heterocycles. The van der Waals surface area contributed by atoms with E-state index in [4.69, 9.17) is 11.6 Å². The van der Waals surface area contributed by atoms with Gasteiger partial charge in [-0.15, -0.1) is 0 Å². The first kappa shape index (κ1) is 19.3. The van der Waals surface area contributed by atoms with E-state index in [9.17, 15) is 14.4 Å². The van der Waals surface area contributed by atoms with Crippen LogP contribution in [0, 0.1) is 0 Å². The van der Waals surface area contributed by atoms with Crippen molar-refractivity contribution in [3.05, 3.63) is 65.7 Å². The minimum absolute atomic E-state index is 0.129. The number of amides is 3. The van der Waals surface area contributed by atoms with Crippen LogP contribution in [0.5, 0.6) is 0 Å². The molecule has 3 amide bonds. The highest BCUT2D eigenvalue weighted by atomic mass is 35.5. The van der Waals surface area contributed by atoms with Gasteiger partial charge in [0.1, 0.15) is 0 Å². The standard InChI is InChI=1S/C21H17ClN6O3/c1-26-19(30)16-4-3-15(27-8-2-7-24-27)10-17(16)28-18(29)5-6-21(26,28)20(31)25-14-9-13(22)11-23-12-14/h2-4,7-12H,5-6H2,1H3,(H,25,31). The van der Waals surface area contributed by atoms with Gasteiger partial charge in [0.25, 0.3) is 11.8 Å². The smallest absolute Gasteiger partial charge is 0.271 e. The van der Waals surface area contributed by atoms with Crippen LogP contribution in [0.3, 0.4) is 0 Å². The SMILES string of the molecule is CN1C(=O)c2ccc(-n3cccn3)cc2N2C(=O)CCC12C(=O)Nc1cncc(Cl)c1. The van der Waals surface area contributed by atoms with Crippen molar-refractivity contribution in [2.24, 2.45) is 0 Å². The minimum atomic E-state index is -1.49. The van der Waals surface area contributed by atoms with Gasteiger partial charge < -0.3 is 10.2 Å². The molecular formula is C21H17ClN6O3. The van der Waals surface area contributed by atoms with Gasteiger partial charge in [0.15, 0.2) is 0 Å². The number of hydrogen-bond donors (Lipinski definition) is 1. The average molecular weight is 437 g/mol. The predicted octanol–water partition coefficient (Wildman–Crippen LogP) is 2.47. The molecule has 1 saturated heterocycles. The van der Waals surface area contributed by atoms with Crippen LogP contribution in [-0.2, 0) is 9.59 Å². The number of aromatic nitrogens is 3. The lowest BCUT2D eigenvalue weighted by atomic mass is 9.96. The molecule has 10 heteroatoms. The molecule has 2 aliphatic heterocycles. The van der Waals surface area contributed by atoms with Gasteiger partial charge in [0.05, 0.1) is 33.8 Å². The molecule has 1 atom stereocenters. The maximum absolute atomic E-state index is 13.5. The number of nitrogens with one attached hydrogen (secondary N) is 1. The second-order valence-electron chi connectivity index (χ2n) is 7.41. The van der Waals surface area contributed by atoms with Crippen LogP contribution in [0.2, 0.25) is 5.02 Å². The van der Waals surface area contributed by atoms with Crippen molar-refractivity contribution in [1.82, 2.24) is 19.7 Å². The van der Waals surface area contributed by atoms with Crippen molar-refractivity contribution in [3.8, 4) is 5.69 Å². The van der Waals surface area contributed by atoms with Crippen molar-refractivity contribution < 1.29 is 14.4 Å². The highest BCUT2D eigenvalue weighted by Gasteiger charge is 2.59. The molecule has 1 unspecified atom stereocenters. The molecule has 1 aromatic carbocycles. The Bertz CT molecular complexity index is 1230. The molecule has 0 radical (unpaired) electrons. The lowest BCUT2D eigenvalue weighted by molar-refractivity contribution is -0.128. The summed E-state index contributed by atoms with van der Waals surface area (Å²) in [7, 11) is 1.54. The van der Waals surface area contributed by atoms with Gasteiger partial charge in [-0.25, -0.2) is 4.68 Å². The number of carbonyl (C=O) groups excluding carboxylic acids is 3. The first-order valence-electron chi connectivity index (χ1n) is 9.59. The molecule has 0 bridgehead atoms. The molecule has 2 aliphatic rings. The summed E-state index contributed by atoms with van der Waals surface area (Å²) in [4.78, 5) is 46.5. The maximum atomic E-state index is 13.5. The van der Waals surface area contributed by atoms with E-state index in [1.165, 1.54) is 29.2 Å². The molecule has 0 saturated carbocycles. The lowest BCUT2D eigenvalue weighted by Crippen LogP contribution is -2.68. The number of hydrogen-bond acceptors (Lipinski definition) is 5. The Kier molecular flexibility index (Phi) is 4.30. The fraction of sp³-hybridized carbons (Fsp3) is 0.190. The van der Waals surface area contributed by atoms with Crippen molar-refractivity contribution in [3.63, 3.8) is 0 Å². The highest BCUT2D eigenvalue weighted by molar-refractivity contribution is 6.30. The third-order valence-electron chi connectivity index (χ3n) is 5.71. The molecule has 1 fully saturated rings.